The van der Waals surface area contributed by atoms with E-state index in [4.69, 9.17) is 4.74 Å². The van der Waals surface area contributed by atoms with Crippen molar-refractivity contribution in [2.24, 2.45) is 11.8 Å². The predicted molar refractivity (Wildman–Crippen MR) is 62.9 cm³/mol. The van der Waals surface area contributed by atoms with Gasteiger partial charge in [0.05, 0.1) is 12.2 Å². The van der Waals surface area contributed by atoms with E-state index in [1.54, 1.807) is 0 Å². The van der Waals surface area contributed by atoms with Crippen LogP contribution in [0.2, 0.25) is 0 Å². The van der Waals surface area contributed by atoms with Gasteiger partial charge in [0, 0.05) is 12.5 Å². The molecule has 2 bridgehead atoms. The minimum absolute atomic E-state index is 0.587. The fraction of sp³-hybridized carbons (Fsp3) is 1.00. The van der Waals surface area contributed by atoms with Crippen LogP contribution in [0.5, 0.6) is 0 Å². The van der Waals surface area contributed by atoms with Gasteiger partial charge in [-0.3, -0.25) is 0 Å². The van der Waals surface area contributed by atoms with Gasteiger partial charge < -0.3 is 10.1 Å². The van der Waals surface area contributed by atoms with Crippen molar-refractivity contribution in [3.8, 4) is 0 Å². The van der Waals surface area contributed by atoms with Crippen LogP contribution in [0.3, 0.4) is 0 Å². The molecule has 0 aromatic rings. The van der Waals surface area contributed by atoms with E-state index < -0.39 is 0 Å². The molecule has 2 fully saturated rings. The molecule has 2 heteroatoms. The number of rotatable bonds is 6. The fourth-order valence-corrected chi connectivity index (χ4v) is 3.07. The predicted octanol–water partition coefficient (Wildman–Crippen LogP) is 2.58. The molecule has 0 aliphatic carbocycles. The molecule has 88 valence electrons. The first kappa shape index (κ1) is 11.4. The van der Waals surface area contributed by atoms with Crippen LogP contribution in [0.4, 0.5) is 0 Å². The quantitative estimate of drug-likeness (QED) is 0.729. The molecule has 4 unspecified atom stereocenters. The molecule has 0 amide bonds. The maximum absolute atomic E-state index is 5.85. The maximum atomic E-state index is 5.85. The van der Waals surface area contributed by atoms with Gasteiger partial charge in [0.15, 0.2) is 0 Å². The number of ether oxygens (including phenoxy) is 1. The van der Waals surface area contributed by atoms with Crippen LogP contribution in [-0.2, 0) is 4.74 Å². The summed E-state index contributed by atoms with van der Waals surface area (Å²) in [6.07, 6.45) is 7.77. The second-order valence-corrected chi connectivity index (χ2v) is 5.42. The third kappa shape index (κ3) is 2.94. The van der Waals surface area contributed by atoms with Crippen molar-refractivity contribution >= 4 is 0 Å². The van der Waals surface area contributed by atoms with E-state index in [0.29, 0.717) is 12.2 Å². The minimum atomic E-state index is 0.587. The van der Waals surface area contributed by atoms with Gasteiger partial charge in [0.2, 0.25) is 0 Å². The third-order valence-corrected chi connectivity index (χ3v) is 3.91. The maximum Gasteiger partial charge on any atom is 0.0621 e. The lowest BCUT2D eigenvalue weighted by atomic mass is 9.89. The smallest absolute Gasteiger partial charge is 0.0621 e. The van der Waals surface area contributed by atoms with E-state index in [0.717, 1.165) is 11.8 Å². The van der Waals surface area contributed by atoms with Crippen molar-refractivity contribution in [2.75, 3.05) is 13.1 Å². The van der Waals surface area contributed by atoms with Gasteiger partial charge in [-0.15, -0.1) is 0 Å². The van der Waals surface area contributed by atoms with Gasteiger partial charge in [-0.2, -0.15) is 0 Å². The Bertz CT molecular complexity index is 195. The largest absolute Gasteiger partial charge is 0.375 e. The summed E-state index contributed by atoms with van der Waals surface area (Å²) in [6, 6.07) is 0. The van der Waals surface area contributed by atoms with Crippen LogP contribution in [0.25, 0.3) is 0 Å². The Morgan fingerprint density at radius 3 is 2.87 bits per heavy atom. The first-order chi connectivity index (χ1) is 7.29. The molecule has 1 N–H and O–H groups in total. The zero-order valence-corrected chi connectivity index (χ0v) is 10.2. The first-order valence-corrected chi connectivity index (χ1v) is 6.65. The summed E-state index contributed by atoms with van der Waals surface area (Å²) in [7, 11) is 0. The van der Waals surface area contributed by atoms with Crippen molar-refractivity contribution in [3.63, 3.8) is 0 Å². The van der Waals surface area contributed by atoms with Gasteiger partial charge >= 0.3 is 0 Å². The monoisotopic (exact) mass is 211 g/mol. The van der Waals surface area contributed by atoms with E-state index in [2.05, 4.69) is 19.2 Å². The van der Waals surface area contributed by atoms with Gasteiger partial charge in [-0.25, -0.2) is 0 Å². The van der Waals surface area contributed by atoms with Gasteiger partial charge in [0.1, 0.15) is 0 Å². The summed E-state index contributed by atoms with van der Waals surface area (Å²) in [5.41, 5.74) is 0. The molecule has 0 saturated carbocycles. The Labute approximate surface area is 93.8 Å². The standard InChI is InChI=1S/C13H25NO/c1-3-4-10(2)8-14-9-11-7-12-5-6-13(11)15-12/h10-14H,3-9H2,1-2H3. The minimum Gasteiger partial charge on any atom is -0.375 e. The molecular weight excluding hydrogens is 186 g/mol. The Morgan fingerprint density at radius 1 is 1.40 bits per heavy atom. The molecule has 4 atom stereocenters. The number of fused-ring (bicyclic) bond motifs is 2. The van der Waals surface area contributed by atoms with Gasteiger partial charge in [-0.1, -0.05) is 20.3 Å². The van der Waals surface area contributed by atoms with E-state index in [1.165, 1.54) is 45.2 Å². The van der Waals surface area contributed by atoms with E-state index >= 15 is 0 Å². The van der Waals surface area contributed by atoms with Crippen LogP contribution < -0.4 is 5.32 Å². The summed E-state index contributed by atoms with van der Waals surface area (Å²) in [5, 5.41) is 3.62. The molecule has 2 saturated heterocycles. The highest BCUT2D eigenvalue weighted by molar-refractivity contribution is 4.90. The number of hydrogen-bond donors (Lipinski definition) is 1. The topological polar surface area (TPSA) is 21.3 Å². The average molecular weight is 211 g/mol. The highest BCUT2D eigenvalue weighted by Crippen LogP contribution is 2.38. The lowest BCUT2D eigenvalue weighted by Crippen LogP contribution is -2.32. The Balaban J connectivity index is 1.58. The normalized spacial score (nSPS) is 36.0. The summed E-state index contributed by atoms with van der Waals surface area (Å²) in [6.45, 7) is 6.96. The molecule has 15 heavy (non-hydrogen) atoms. The molecule has 2 heterocycles. The van der Waals surface area contributed by atoms with Crippen LogP contribution in [0.1, 0.15) is 46.0 Å². The average Bonchev–Trinajstić information content (AvgIpc) is 2.79. The molecular formula is C13H25NO. The zero-order valence-electron chi connectivity index (χ0n) is 10.2. The lowest BCUT2D eigenvalue weighted by Gasteiger charge is -2.20. The number of nitrogens with one attached hydrogen (secondary N) is 1. The van der Waals surface area contributed by atoms with Crippen LogP contribution >= 0.6 is 0 Å². The molecule has 0 aromatic heterocycles. The SMILES string of the molecule is CCCC(C)CNCC1CC2CCC1O2. The fourth-order valence-electron chi connectivity index (χ4n) is 3.07. The van der Waals surface area contributed by atoms with Crippen molar-refractivity contribution in [1.29, 1.82) is 0 Å². The van der Waals surface area contributed by atoms with E-state index in [1.807, 2.05) is 0 Å². The Hall–Kier alpha value is -0.0800. The second kappa shape index (κ2) is 5.31. The van der Waals surface area contributed by atoms with Crippen molar-refractivity contribution in [2.45, 2.75) is 58.2 Å². The first-order valence-electron chi connectivity index (χ1n) is 6.65. The Kier molecular flexibility index (Phi) is 4.04. The molecule has 2 aliphatic rings. The number of hydrogen-bond acceptors (Lipinski definition) is 2. The van der Waals surface area contributed by atoms with Crippen molar-refractivity contribution in [3.05, 3.63) is 0 Å². The summed E-state index contributed by atoms with van der Waals surface area (Å²) in [4.78, 5) is 0. The second-order valence-electron chi connectivity index (χ2n) is 5.42. The summed E-state index contributed by atoms with van der Waals surface area (Å²) < 4.78 is 5.85. The van der Waals surface area contributed by atoms with Crippen LogP contribution in [0, 0.1) is 11.8 Å². The highest BCUT2D eigenvalue weighted by Gasteiger charge is 2.40. The van der Waals surface area contributed by atoms with Crippen LogP contribution in [-0.4, -0.2) is 25.3 Å². The summed E-state index contributed by atoms with van der Waals surface area (Å²) in [5.74, 6) is 1.63. The molecule has 2 nitrogen and oxygen atoms in total. The van der Waals surface area contributed by atoms with Crippen LogP contribution in [0.15, 0.2) is 0 Å². The highest BCUT2D eigenvalue weighted by atomic mass is 16.5. The molecule has 0 spiro atoms. The zero-order chi connectivity index (χ0) is 10.7. The van der Waals surface area contributed by atoms with Crippen molar-refractivity contribution < 1.29 is 4.74 Å². The lowest BCUT2D eigenvalue weighted by molar-refractivity contribution is 0.0923. The molecule has 2 rings (SSSR count). The van der Waals surface area contributed by atoms with Crippen molar-refractivity contribution in [1.82, 2.24) is 5.32 Å². The Morgan fingerprint density at radius 2 is 2.27 bits per heavy atom. The summed E-state index contributed by atoms with van der Waals surface area (Å²) >= 11 is 0. The van der Waals surface area contributed by atoms with Gasteiger partial charge in [0.25, 0.3) is 0 Å². The molecule has 2 aliphatic heterocycles. The van der Waals surface area contributed by atoms with Gasteiger partial charge in [-0.05, 0) is 38.1 Å². The van der Waals surface area contributed by atoms with E-state index in [-0.39, 0.29) is 0 Å². The third-order valence-electron chi connectivity index (χ3n) is 3.91. The van der Waals surface area contributed by atoms with E-state index in [9.17, 15) is 0 Å². The molecule has 0 aromatic carbocycles. The molecule has 0 radical (unpaired) electrons.